The molecule has 1 aliphatic carbocycles. The topological polar surface area (TPSA) is 89.0 Å². The number of carbonyl (C=O) groups excluding carboxylic acids is 1. The summed E-state index contributed by atoms with van der Waals surface area (Å²) in [6, 6.07) is 15.4. The number of carbonyl (C=O) groups is 2. The maximum Gasteiger partial charge on any atom is 1.00 e. The zero-order chi connectivity index (χ0) is 25.7. The van der Waals surface area contributed by atoms with Crippen molar-refractivity contribution >= 4 is 11.9 Å². The Labute approximate surface area is 241 Å². The Balaban J connectivity index is 0.00000253. The summed E-state index contributed by atoms with van der Waals surface area (Å²) >= 11 is 0. The standard InChI is InChI=1S/C29H32N2O5.Na.H/c1-4-31(29(34)20-7-8-20)18-23-16-21(22-10-13-27(30-17-22)36-5-2)9-11-24(23)25-14-19(15-28(32)33)6-12-26(25)35-3;;/h6,9-14,16-17,20H,4-5,7-8,15,18H2,1-3H3,(H,32,33);;/q;+1;-1. The Bertz CT molecular complexity index is 1250. The van der Waals surface area contributed by atoms with E-state index in [9.17, 15) is 14.7 Å². The van der Waals surface area contributed by atoms with Crippen LogP contribution in [0.2, 0.25) is 0 Å². The van der Waals surface area contributed by atoms with Crippen molar-refractivity contribution in [3.63, 3.8) is 0 Å². The fourth-order valence-corrected chi connectivity index (χ4v) is 4.34. The monoisotopic (exact) mass is 512 g/mol. The van der Waals surface area contributed by atoms with E-state index in [1.54, 1.807) is 25.4 Å². The zero-order valence-corrected chi connectivity index (χ0v) is 24.0. The molecule has 8 heteroatoms. The van der Waals surface area contributed by atoms with Crippen molar-refractivity contribution in [1.82, 2.24) is 9.88 Å². The van der Waals surface area contributed by atoms with E-state index in [0.29, 0.717) is 36.9 Å². The molecule has 1 amide bonds. The van der Waals surface area contributed by atoms with Crippen LogP contribution in [0.3, 0.4) is 0 Å². The van der Waals surface area contributed by atoms with E-state index in [2.05, 4.69) is 11.1 Å². The van der Waals surface area contributed by atoms with Gasteiger partial charge in [-0.05, 0) is 73.2 Å². The van der Waals surface area contributed by atoms with Crippen LogP contribution in [0, 0.1) is 5.92 Å². The molecule has 2 aromatic carbocycles. The number of aliphatic carboxylic acids is 1. The molecule has 1 saturated carbocycles. The van der Waals surface area contributed by atoms with Gasteiger partial charge in [-0.25, -0.2) is 4.98 Å². The molecule has 0 spiro atoms. The third kappa shape index (κ3) is 7.12. The van der Waals surface area contributed by atoms with E-state index in [0.717, 1.165) is 40.7 Å². The molecule has 190 valence electrons. The van der Waals surface area contributed by atoms with Crippen molar-refractivity contribution in [3.05, 3.63) is 65.9 Å². The summed E-state index contributed by atoms with van der Waals surface area (Å²) in [5.41, 5.74) is 5.27. The van der Waals surface area contributed by atoms with Crippen LogP contribution in [-0.2, 0) is 22.6 Å². The van der Waals surface area contributed by atoms with Gasteiger partial charge in [0.05, 0.1) is 20.1 Å². The number of amides is 1. The van der Waals surface area contributed by atoms with Crippen LogP contribution in [0.4, 0.5) is 0 Å². The molecule has 1 heterocycles. The van der Waals surface area contributed by atoms with Gasteiger partial charge in [-0.15, -0.1) is 0 Å². The first-order chi connectivity index (χ1) is 17.4. The first kappa shape index (κ1) is 28.7. The number of carboxylic acids is 1. The summed E-state index contributed by atoms with van der Waals surface area (Å²) in [4.78, 5) is 30.6. The number of nitrogens with zero attached hydrogens (tertiary/aromatic N) is 2. The second kappa shape index (κ2) is 13.1. The maximum absolute atomic E-state index is 13.0. The first-order valence-corrected chi connectivity index (χ1v) is 12.3. The Kier molecular flexibility index (Phi) is 10.1. The van der Waals surface area contributed by atoms with Crippen LogP contribution in [0.1, 0.15) is 39.2 Å². The van der Waals surface area contributed by atoms with Gasteiger partial charge in [-0.3, -0.25) is 9.59 Å². The largest absolute Gasteiger partial charge is 1.00 e. The van der Waals surface area contributed by atoms with Gasteiger partial charge in [0.1, 0.15) is 5.75 Å². The molecule has 0 bridgehead atoms. The van der Waals surface area contributed by atoms with Crippen LogP contribution < -0.4 is 39.0 Å². The first-order valence-electron chi connectivity index (χ1n) is 12.3. The molecule has 0 atom stereocenters. The quantitative estimate of drug-likeness (QED) is 0.397. The number of carboxylic acid groups (broad SMARTS) is 1. The van der Waals surface area contributed by atoms with Gasteiger partial charge in [-0.1, -0.05) is 18.2 Å². The SMILES string of the molecule is CCOc1ccc(-c2ccc(-c3cc(CC(=O)O)ccc3OC)c(CN(CC)C(=O)C3CC3)c2)cn1.[H-].[Na+]. The van der Waals surface area contributed by atoms with Gasteiger partial charge in [0.25, 0.3) is 0 Å². The number of benzene rings is 2. The van der Waals surface area contributed by atoms with Gasteiger partial charge in [-0.2, -0.15) is 0 Å². The molecule has 0 radical (unpaired) electrons. The molecule has 3 aromatic rings. The van der Waals surface area contributed by atoms with Gasteiger partial charge in [0.2, 0.25) is 11.8 Å². The van der Waals surface area contributed by atoms with Crippen LogP contribution in [-0.4, -0.2) is 47.1 Å². The van der Waals surface area contributed by atoms with Crippen molar-refractivity contribution in [2.24, 2.45) is 5.92 Å². The summed E-state index contributed by atoms with van der Waals surface area (Å²) in [5, 5.41) is 9.30. The minimum atomic E-state index is -0.892. The van der Waals surface area contributed by atoms with E-state index in [-0.39, 0.29) is 49.2 Å². The summed E-state index contributed by atoms with van der Waals surface area (Å²) in [5.74, 6) is 0.642. The second-order valence-electron chi connectivity index (χ2n) is 8.92. The number of aromatic nitrogens is 1. The van der Waals surface area contributed by atoms with E-state index in [1.807, 2.05) is 49.1 Å². The number of methoxy groups -OCH3 is 1. The van der Waals surface area contributed by atoms with Gasteiger partial charge >= 0.3 is 35.5 Å². The predicted molar refractivity (Wildman–Crippen MR) is 139 cm³/mol. The molecule has 1 N–H and O–H groups in total. The minimum absolute atomic E-state index is 0. The molecular formula is C29H33N2NaO5. The molecule has 7 nitrogen and oxygen atoms in total. The molecule has 1 aromatic heterocycles. The number of hydrogen-bond acceptors (Lipinski definition) is 5. The average Bonchev–Trinajstić information content (AvgIpc) is 3.73. The normalized spacial score (nSPS) is 12.4. The molecule has 4 rings (SSSR count). The molecule has 0 saturated heterocycles. The molecule has 1 aliphatic rings. The maximum atomic E-state index is 13.0. The molecule has 0 aliphatic heterocycles. The van der Waals surface area contributed by atoms with Crippen molar-refractivity contribution in [3.8, 4) is 33.9 Å². The molecule has 37 heavy (non-hydrogen) atoms. The Morgan fingerprint density at radius 1 is 1.05 bits per heavy atom. The predicted octanol–water partition coefficient (Wildman–Crippen LogP) is 2.32. The summed E-state index contributed by atoms with van der Waals surface area (Å²) in [7, 11) is 1.60. The summed E-state index contributed by atoms with van der Waals surface area (Å²) < 4.78 is 11.1. The summed E-state index contributed by atoms with van der Waals surface area (Å²) in [6.45, 7) is 5.53. The van der Waals surface area contributed by atoms with Crippen molar-refractivity contribution in [2.75, 3.05) is 20.3 Å². The van der Waals surface area contributed by atoms with Crippen molar-refractivity contribution in [1.29, 1.82) is 0 Å². The Morgan fingerprint density at radius 3 is 2.41 bits per heavy atom. The third-order valence-corrected chi connectivity index (χ3v) is 6.36. The van der Waals surface area contributed by atoms with Gasteiger partial charge in [0, 0.05) is 42.4 Å². The smallest absolute Gasteiger partial charge is 1.00 e. The fraction of sp³-hybridized carbons (Fsp3) is 0.345. The summed E-state index contributed by atoms with van der Waals surface area (Å²) in [6.07, 6.45) is 3.60. The minimum Gasteiger partial charge on any atom is -1.00 e. The van der Waals surface area contributed by atoms with Crippen LogP contribution in [0.15, 0.2) is 54.7 Å². The zero-order valence-electron chi connectivity index (χ0n) is 23.0. The second-order valence-corrected chi connectivity index (χ2v) is 8.92. The number of hydrogen-bond donors (Lipinski definition) is 1. The Morgan fingerprint density at radius 2 is 1.81 bits per heavy atom. The van der Waals surface area contributed by atoms with Crippen molar-refractivity contribution in [2.45, 2.75) is 39.7 Å². The van der Waals surface area contributed by atoms with E-state index >= 15 is 0 Å². The molecule has 1 fully saturated rings. The Hall–Kier alpha value is -2.87. The van der Waals surface area contributed by atoms with E-state index in [4.69, 9.17) is 9.47 Å². The van der Waals surface area contributed by atoms with Crippen molar-refractivity contribution < 1.29 is 55.2 Å². The fourth-order valence-electron chi connectivity index (χ4n) is 4.34. The average molecular weight is 513 g/mol. The van der Waals surface area contributed by atoms with Crippen LogP contribution in [0.25, 0.3) is 22.3 Å². The van der Waals surface area contributed by atoms with Gasteiger partial charge < -0.3 is 20.9 Å². The van der Waals surface area contributed by atoms with Gasteiger partial charge in [0.15, 0.2) is 0 Å². The molecular weight excluding hydrogens is 479 g/mol. The number of ether oxygens (including phenoxy) is 2. The van der Waals surface area contributed by atoms with Crippen LogP contribution >= 0.6 is 0 Å². The van der Waals surface area contributed by atoms with E-state index < -0.39 is 5.97 Å². The van der Waals surface area contributed by atoms with E-state index in [1.165, 1.54) is 0 Å². The number of pyridine rings is 1. The van der Waals surface area contributed by atoms with Crippen LogP contribution in [0.5, 0.6) is 11.6 Å². The third-order valence-electron chi connectivity index (χ3n) is 6.36. The molecule has 0 unspecified atom stereocenters. The number of rotatable bonds is 11.